The van der Waals surface area contributed by atoms with Gasteiger partial charge in [-0.3, -0.25) is 4.79 Å². The Morgan fingerprint density at radius 1 is 1.29 bits per heavy atom. The van der Waals surface area contributed by atoms with Crippen LogP contribution in [0.15, 0.2) is 28.7 Å². The Kier molecular flexibility index (Phi) is 3.43. The van der Waals surface area contributed by atoms with E-state index in [4.69, 9.17) is 4.42 Å². The fraction of sp³-hybridized carbons (Fsp3) is 0.231. The van der Waals surface area contributed by atoms with Crippen molar-refractivity contribution in [3.05, 3.63) is 41.3 Å². The Balaban J connectivity index is 2.41. The second-order valence-electron chi connectivity index (χ2n) is 3.85. The first-order valence-corrected chi connectivity index (χ1v) is 6.37. The quantitative estimate of drug-likeness (QED) is 0.642. The molecule has 1 aromatic carbocycles. The van der Waals surface area contributed by atoms with Crippen LogP contribution < -0.4 is 0 Å². The topological polar surface area (TPSA) is 43.1 Å². The molecule has 0 radical (unpaired) electrons. The van der Waals surface area contributed by atoms with E-state index in [1.54, 1.807) is 6.92 Å². The second-order valence-corrected chi connectivity index (χ2v) is 4.41. The summed E-state index contributed by atoms with van der Waals surface area (Å²) in [5.74, 6) is 0.987. The van der Waals surface area contributed by atoms with Crippen LogP contribution in [-0.2, 0) is 0 Å². The van der Waals surface area contributed by atoms with Crippen molar-refractivity contribution in [2.45, 2.75) is 13.8 Å². The molecule has 0 saturated heterocycles. The summed E-state index contributed by atoms with van der Waals surface area (Å²) in [7, 11) is 0. The molecule has 0 fully saturated rings. The van der Waals surface area contributed by atoms with E-state index in [2.05, 4.69) is 20.9 Å². The zero-order valence-corrected chi connectivity index (χ0v) is 11.2. The summed E-state index contributed by atoms with van der Waals surface area (Å²) in [4.78, 5) is 15.8. The largest absolute Gasteiger partial charge is 0.441 e. The number of nitrogens with zero attached hydrogens (tertiary/aromatic N) is 1. The van der Waals surface area contributed by atoms with E-state index < -0.39 is 0 Å². The molecule has 0 aliphatic carbocycles. The molecule has 2 rings (SSSR count). The minimum absolute atomic E-state index is 0.0652. The summed E-state index contributed by atoms with van der Waals surface area (Å²) in [6.45, 7) is 3.77. The molecule has 88 valence electrons. The van der Waals surface area contributed by atoms with E-state index in [9.17, 15) is 4.79 Å². The lowest BCUT2D eigenvalue weighted by Gasteiger charge is -1.95. The summed E-state index contributed by atoms with van der Waals surface area (Å²) in [5, 5.41) is 0.258. The van der Waals surface area contributed by atoms with Gasteiger partial charge in [-0.05, 0) is 26.0 Å². The number of benzene rings is 1. The maximum Gasteiger partial charge on any atom is 0.226 e. The summed E-state index contributed by atoms with van der Waals surface area (Å²) in [5.41, 5.74) is 2.46. The average Bonchev–Trinajstić information content (AvgIpc) is 2.71. The van der Waals surface area contributed by atoms with E-state index in [0.29, 0.717) is 17.3 Å². The summed E-state index contributed by atoms with van der Waals surface area (Å²) in [6, 6.07) is 7.84. The molecule has 1 aromatic heterocycles. The van der Waals surface area contributed by atoms with E-state index in [0.717, 1.165) is 5.56 Å². The number of Topliss-reactive ketones (excluding diaryl/α,β-unsaturated/α-hetero) is 1. The van der Waals surface area contributed by atoms with Gasteiger partial charge in [0.05, 0.1) is 5.33 Å². The van der Waals surface area contributed by atoms with Crippen LogP contribution in [0.3, 0.4) is 0 Å². The highest BCUT2D eigenvalue weighted by atomic mass is 79.9. The first-order chi connectivity index (χ1) is 8.11. The minimum atomic E-state index is -0.0652. The SMILES string of the molecule is Cc1ccc(-c2nc(C(=O)CBr)c(C)o2)cc1. The van der Waals surface area contributed by atoms with Gasteiger partial charge < -0.3 is 4.42 Å². The molecule has 1 heterocycles. The first kappa shape index (κ1) is 12.0. The van der Waals surface area contributed by atoms with E-state index in [1.807, 2.05) is 31.2 Å². The zero-order valence-electron chi connectivity index (χ0n) is 9.66. The van der Waals surface area contributed by atoms with Gasteiger partial charge in [0.25, 0.3) is 0 Å². The van der Waals surface area contributed by atoms with Crippen molar-refractivity contribution in [2.24, 2.45) is 0 Å². The van der Waals surface area contributed by atoms with Crippen molar-refractivity contribution in [2.75, 3.05) is 5.33 Å². The van der Waals surface area contributed by atoms with Crippen LogP contribution in [0, 0.1) is 13.8 Å². The zero-order chi connectivity index (χ0) is 12.4. The third-order valence-electron chi connectivity index (χ3n) is 2.48. The van der Waals surface area contributed by atoms with Gasteiger partial charge in [-0.1, -0.05) is 33.6 Å². The monoisotopic (exact) mass is 293 g/mol. The minimum Gasteiger partial charge on any atom is -0.441 e. The number of aromatic nitrogens is 1. The molecule has 4 heteroatoms. The number of halogens is 1. The molecule has 0 bridgehead atoms. The van der Waals surface area contributed by atoms with Crippen molar-refractivity contribution >= 4 is 21.7 Å². The Labute approximate surface area is 108 Å². The van der Waals surface area contributed by atoms with Crippen molar-refractivity contribution in [1.82, 2.24) is 4.98 Å². The fourth-order valence-corrected chi connectivity index (χ4v) is 1.80. The number of aryl methyl sites for hydroxylation is 2. The molecular weight excluding hydrogens is 282 g/mol. The van der Waals surface area contributed by atoms with E-state index >= 15 is 0 Å². The van der Waals surface area contributed by atoms with Crippen molar-refractivity contribution in [3.63, 3.8) is 0 Å². The Hall–Kier alpha value is -1.42. The first-order valence-electron chi connectivity index (χ1n) is 5.25. The molecule has 2 aromatic rings. The number of hydrogen-bond donors (Lipinski definition) is 0. The third kappa shape index (κ3) is 2.47. The summed E-state index contributed by atoms with van der Waals surface area (Å²) >= 11 is 3.13. The lowest BCUT2D eigenvalue weighted by atomic mass is 10.1. The molecule has 0 spiro atoms. The normalized spacial score (nSPS) is 10.5. The number of carbonyl (C=O) groups excluding carboxylic acids is 1. The maximum atomic E-state index is 11.6. The van der Waals surface area contributed by atoms with Crippen LogP contribution in [0.5, 0.6) is 0 Å². The Bertz CT molecular complexity index is 543. The van der Waals surface area contributed by atoms with Gasteiger partial charge >= 0.3 is 0 Å². The molecule has 0 aliphatic rings. The Morgan fingerprint density at radius 2 is 1.94 bits per heavy atom. The third-order valence-corrected chi connectivity index (χ3v) is 2.99. The highest BCUT2D eigenvalue weighted by molar-refractivity contribution is 9.09. The highest BCUT2D eigenvalue weighted by Gasteiger charge is 2.16. The average molecular weight is 294 g/mol. The van der Waals surface area contributed by atoms with Crippen molar-refractivity contribution in [3.8, 4) is 11.5 Å². The number of oxazole rings is 1. The van der Waals surface area contributed by atoms with Gasteiger partial charge in [-0.2, -0.15) is 0 Å². The van der Waals surface area contributed by atoms with Crippen LogP contribution in [0.2, 0.25) is 0 Å². The molecule has 0 unspecified atom stereocenters. The number of rotatable bonds is 3. The number of alkyl halides is 1. The van der Waals surface area contributed by atoms with E-state index in [1.165, 1.54) is 5.56 Å². The standard InChI is InChI=1S/C13H12BrNO2/c1-8-3-5-10(6-4-8)13-15-12(9(2)17-13)11(16)7-14/h3-6H,7H2,1-2H3. The van der Waals surface area contributed by atoms with E-state index in [-0.39, 0.29) is 11.1 Å². The van der Waals surface area contributed by atoms with Gasteiger partial charge in [0.15, 0.2) is 5.78 Å². The molecule has 0 amide bonds. The van der Waals surface area contributed by atoms with Crippen LogP contribution in [-0.4, -0.2) is 16.1 Å². The number of carbonyl (C=O) groups is 1. The van der Waals surface area contributed by atoms with Crippen LogP contribution in [0.25, 0.3) is 11.5 Å². The second kappa shape index (κ2) is 4.84. The molecular formula is C13H12BrNO2. The highest BCUT2D eigenvalue weighted by Crippen LogP contribution is 2.22. The number of ketones is 1. The summed E-state index contributed by atoms with van der Waals surface area (Å²) in [6.07, 6.45) is 0. The lowest BCUT2D eigenvalue weighted by Crippen LogP contribution is -2.02. The van der Waals surface area contributed by atoms with Crippen LogP contribution in [0.4, 0.5) is 0 Å². The van der Waals surface area contributed by atoms with Crippen LogP contribution >= 0.6 is 15.9 Å². The molecule has 0 N–H and O–H groups in total. The smallest absolute Gasteiger partial charge is 0.226 e. The van der Waals surface area contributed by atoms with Crippen LogP contribution in [0.1, 0.15) is 21.8 Å². The number of hydrogen-bond acceptors (Lipinski definition) is 3. The molecule has 17 heavy (non-hydrogen) atoms. The summed E-state index contributed by atoms with van der Waals surface area (Å²) < 4.78 is 5.51. The van der Waals surface area contributed by atoms with Gasteiger partial charge in [0, 0.05) is 5.56 Å². The van der Waals surface area contributed by atoms with Gasteiger partial charge in [0.1, 0.15) is 11.5 Å². The predicted molar refractivity (Wildman–Crippen MR) is 69.5 cm³/mol. The van der Waals surface area contributed by atoms with Gasteiger partial charge in [-0.15, -0.1) is 0 Å². The maximum absolute atomic E-state index is 11.6. The van der Waals surface area contributed by atoms with Gasteiger partial charge in [0.2, 0.25) is 5.89 Å². The molecule has 0 saturated carbocycles. The molecule has 3 nitrogen and oxygen atoms in total. The molecule has 0 atom stereocenters. The van der Waals surface area contributed by atoms with Crippen molar-refractivity contribution < 1.29 is 9.21 Å². The fourth-order valence-electron chi connectivity index (χ4n) is 1.54. The Morgan fingerprint density at radius 3 is 2.53 bits per heavy atom. The molecule has 0 aliphatic heterocycles. The van der Waals surface area contributed by atoms with Crippen molar-refractivity contribution in [1.29, 1.82) is 0 Å². The lowest BCUT2D eigenvalue weighted by molar-refractivity contribution is 0.101. The predicted octanol–water partition coefficient (Wildman–Crippen LogP) is 3.54. The van der Waals surface area contributed by atoms with Gasteiger partial charge in [-0.25, -0.2) is 4.98 Å².